The number of benzene rings is 2. The summed E-state index contributed by atoms with van der Waals surface area (Å²) >= 11 is 0. The van der Waals surface area contributed by atoms with Crippen LogP contribution in [0, 0.1) is 0 Å². The Hall–Kier alpha value is -4.09. The lowest BCUT2D eigenvalue weighted by atomic mass is 10.0. The van der Waals surface area contributed by atoms with Crippen LogP contribution in [0.2, 0.25) is 0 Å². The van der Waals surface area contributed by atoms with Crippen molar-refractivity contribution in [1.82, 2.24) is 19.4 Å². The number of pyridine rings is 1. The Balaban J connectivity index is 1.36. The molecule has 2 fully saturated rings. The number of carbonyl (C=O) groups is 1. The van der Waals surface area contributed by atoms with Crippen LogP contribution in [0.4, 0.5) is 26.3 Å². The summed E-state index contributed by atoms with van der Waals surface area (Å²) < 4.78 is 85.6. The minimum atomic E-state index is -4.90. The van der Waals surface area contributed by atoms with Crippen LogP contribution in [0.15, 0.2) is 67.0 Å². The van der Waals surface area contributed by atoms with Crippen molar-refractivity contribution in [2.24, 2.45) is 0 Å². The van der Waals surface area contributed by atoms with Gasteiger partial charge in [0.15, 0.2) is 0 Å². The minimum absolute atomic E-state index is 0.137. The number of carbonyl (C=O) groups excluding carboxylic acids is 1. The van der Waals surface area contributed by atoms with Crippen LogP contribution in [0.3, 0.4) is 0 Å². The summed E-state index contributed by atoms with van der Waals surface area (Å²) in [6.45, 7) is 1.02. The number of hydrogen-bond donors (Lipinski definition) is 0. The van der Waals surface area contributed by atoms with Gasteiger partial charge >= 0.3 is 12.5 Å². The van der Waals surface area contributed by atoms with Crippen LogP contribution in [0.25, 0.3) is 16.7 Å². The van der Waals surface area contributed by atoms with E-state index in [9.17, 15) is 31.1 Å². The molecule has 3 heterocycles. The second-order valence-corrected chi connectivity index (χ2v) is 10.1. The summed E-state index contributed by atoms with van der Waals surface area (Å²) in [5.74, 6) is -0.878. The zero-order valence-corrected chi connectivity index (χ0v) is 20.8. The lowest BCUT2D eigenvalue weighted by Gasteiger charge is -2.20. The van der Waals surface area contributed by atoms with Crippen LogP contribution in [0.5, 0.6) is 5.75 Å². The predicted octanol–water partition coefficient (Wildman–Crippen LogP) is 6.54. The fourth-order valence-electron chi connectivity index (χ4n) is 5.37. The van der Waals surface area contributed by atoms with Crippen LogP contribution >= 0.6 is 0 Å². The SMILES string of the molecule is O=C(c1ccc2c(c1)nc(C1(C(F)(F)F)CC1)n2-c1ccc(OC(F)(F)F)cc1)N1CCC(c2cccnc2)C1. The molecule has 1 saturated heterocycles. The summed E-state index contributed by atoms with van der Waals surface area (Å²) in [5, 5.41) is 0. The molecule has 1 aliphatic heterocycles. The van der Waals surface area contributed by atoms with Crippen molar-refractivity contribution >= 4 is 16.9 Å². The highest BCUT2D eigenvalue weighted by Gasteiger charge is 2.67. The van der Waals surface area contributed by atoms with Gasteiger partial charge in [-0.2, -0.15) is 13.2 Å². The van der Waals surface area contributed by atoms with E-state index >= 15 is 0 Å². The largest absolute Gasteiger partial charge is 0.573 e. The quantitative estimate of drug-likeness (QED) is 0.260. The number of ether oxygens (including phenoxy) is 1. The first-order valence-corrected chi connectivity index (χ1v) is 12.6. The molecule has 0 spiro atoms. The van der Waals surface area contributed by atoms with Crippen LogP contribution < -0.4 is 4.74 Å². The van der Waals surface area contributed by atoms with Gasteiger partial charge < -0.3 is 9.64 Å². The van der Waals surface area contributed by atoms with Gasteiger partial charge in [-0.3, -0.25) is 14.3 Å². The number of likely N-dealkylation sites (tertiary alicyclic amines) is 1. The van der Waals surface area contributed by atoms with Crippen molar-refractivity contribution in [2.75, 3.05) is 13.1 Å². The van der Waals surface area contributed by atoms with E-state index in [0.717, 1.165) is 24.1 Å². The third-order valence-corrected chi connectivity index (χ3v) is 7.58. The van der Waals surface area contributed by atoms with Gasteiger partial charge in [-0.25, -0.2) is 4.98 Å². The summed E-state index contributed by atoms with van der Waals surface area (Å²) in [6, 6.07) is 12.9. The summed E-state index contributed by atoms with van der Waals surface area (Å²) in [4.78, 5) is 23.5. The van der Waals surface area contributed by atoms with Crippen molar-refractivity contribution in [3.05, 3.63) is 83.9 Å². The molecule has 6 nitrogen and oxygen atoms in total. The minimum Gasteiger partial charge on any atom is -0.406 e. The molecule has 2 aromatic heterocycles. The molecule has 1 amide bonds. The van der Waals surface area contributed by atoms with E-state index in [0.29, 0.717) is 24.2 Å². The molecule has 2 aliphatic rings. The van der Waals surface area contributed by atoms with Gasteiger partial charge in [0.05, 0.1) is 11.0 Å². The number of aromatic nitrogens is 3. The summed E-state index contributed by atoms with van der Waals surface area (Å²) in [5.41, 5.74) is -0.161. The van der Waals surface area contributed by atoms with Gasteiger partial charge in [0.1, 0.15) is 17.0 Å². The molecule has 1 atom stereocenters. The van der Waals surface area contributed by atoms with Crippen molar-refractivity contribution in [1.29, 1.82) is 0 Å². The van der Waals surface area contributed by atoms with E-state index in [4.69, 9.17) is 0 Å². The Kier molecular flexibility index (Phi) is 6.04. The molecule has 208 valence electrons. The number of alkyl halides is 6. The zero-order chi connectivity index (χ0) is 28.3. The molecule has 6 rings (SSSR count). The van der Waals surface area contributed by atoms with Crippen LogP contribution in [-0.2, 0) is 5.41 Å². The van der Waals surface area contributed by atoms with Crippen molar-refractivity contribution in [2.45, 2.75) is 43.1 Å². The first kappa shape index (κ1) is 26.1. The van der Waals surface area contributed by atoms with Crippen LogP contribution in [0.1, 0.15) is 46.9 Å². The molecule has 2 aromatic carbocycles. The Morgan fingerprint density at radius 1 is 1.00 bits per heavy atom. The van der Waals surface area contributed by atoms with Crippen molar-refractivity contribution < 1.29 is 35.9 Å². The number of halogens is 6. The molecule has 0 N–H and O–H groups in total. The second-order valence-electron chi connectivity index (χ2n) is 10.1. The first-order chi connectivity index (χ1) is 19.0. The lowest BCUT2D eigenvalue weighted by molar-refractivity contribution is -0.274. The van der Waals surface area contributed by atoms with Gasteiger partial charge in [0, 0.05) is 42.7 Å². The maximum absolute atomic E-state index is 14.2. The van der Waals surface area contributed by atoms with E-state index in [1.807, 2.05) is 12.1 Å². The van der Waals surface area contributed by atoms with Gasteiger partial charge in [0.2, 0.25) is 0 Å². The maximum atomic E-state index is 14.2. The molecule has 1 unspecified atom stereocenters. The number of imidazole rings is 1. The molecule has 0 bridgehead atoms. The molecular formula is C28H22F6N4O2. The van der Waals surface area contributed by atoms with Gasteiger partial charge in [-0.15, -0.1) is 13.2 Å². The average molecular weight is 560 g/mol. The molecule has 0 radical (unpaired) electrons. The lowest BCUT2D eigenvalue weighted by Crippen LogP contribution is -2.31. The normalized spacial score (nSPS) is 18.8. The Morgan fingerprint density at radius 3 is 2.38 bits per heavy atom. The second kappa shape index (κ2) is 9.24. The molecular weight excluding hydrogens is 538 g/mol. The van der Waals surface area contributed by atoms with Crippen LogP contribution in [-0.4, -0.2) is 51.0 Å². The number of amides is 1. The predicted molar refractivity (Wildman–Crippen MR) is 132 cm³/mol. The monoisotopic (exact) mass is 560 g/mol. The Bertz CT molecular complexity index is 1560. The number of hydrogen-bond acceptors (Lipinski definition) is 4. The highest BCUT2D eigenvalue weighted by molar-refractivity contribution is 5.98. The molecule has 12 heteroatoms. The highest BCUT2D eigenvalue weighted by atomic mass is 19.4. The third kappa shape index (κ3) is 4.65. The standard InChI is InChI=1S/C28H22F6N4O2/c29-27(30,31)26(10-11-26)25-36-22-14-17(24(39)37-13-9-19(16-37)18-2-1-12-35-15-18)3-8-23(22)38(25)20-4-6-21(7-5-20)40-28(32,33)34/h1-8,12,14-15,19H,9-11,13,16H2. The maximum Gasteiger partial charge on any atom is 0.573 e. The van der Waals surface area contributed by atoms with E-state index in [2.05, 4.69) is 14.7 Å². The van der Waals surface area contributed by atoms with Gasteiger partial charge in [-0.05, 0) is 73.4 Å². The number of rotatable bonds is 5. The van der Waals surface area contributed by atoms with Gasteiger partial charge in [0.25, 0.3) is 5.91 Å². The Labute approximate surface area is 224 Å². The third-order valence-electron chi connectivity index (χ3n) is 7.58. The van der Waals surface area contributed by atoms with E-state index in [-0.39, 0.29) is 41.7 Å². The first-order valence-electron chi connectivity index (χ1n) is 12.6. The van der Waals surface area contributed by atoms with E-state index in [1.165, 1.54) is 34.9 Å². The van der Waals surface area contributed by atoms with Crippen molar-refractivity contribution in [3.8, 4) is 11.4 Å². The topological polar surface area (TPSA) is 60.3 Å². The fraction of sp³-hybridized carbons (Fsp3) is 0.321. The van der Waals surface area contributed by atoms with Gasteiger partial charge in [-0.1, -0.05) is 6.07 Å². The summed E-state index contributed by atoms with van der Waals surface area (Å²) in [6.07, 6.45) is -5.59. The molecule has 40 heavy (non-hydrogen) atoms. The summed E-state index contributed by atoms with van der Waals surface area (Å²) in [7, 11) is 0. The van der Waals surface area contributed by atoms with E-state index in [1.54, 1.807) is 17.3 Å². The van der Waals surface area contributed by atoms with Crippen molar-refractivity contribution in [3.63, 3.8) is 0 Å². The van der Waals surface area contributed by atoms with E-state index < -0.39 is 23.7 Å². The smallest absolute Gasteiger partial charge is 0.406 e. The number of fused-ring (bicyclic) bond motifs is 1. The molecule has 1 aliphatic carbocycles. The zero-order valence-electron chi connectivity index (χ0n) is 20.8. The fourth-order valence-corrected chi connectivity index (χ4v) is 5.37. The molecule has 4 aromatic rings. The number of nitrogens with zero attached hydrogens (tertiary/aromatic N) is 4. The Morgan fingerprint density at radius 2 is 1.75 bits per heavy atom. The average Bonchev–Trinajstić information content (AvgIpc) is 3.44. The molecule has 1 saturated carbocycles. The highest BCUT2D eigenvalue weighted by Crippen LogP contribution is 2.59.